The first-order valence-electron chi connectivity index (χ1n) is 11.6. The van der Waals surface area contributed by atoms with Crippen molar-refractivity contribution in [3.63, 3.8) is 0 Å². The largest absolute Gasteiger partial charge is 0.488 e. The Morgan fingerprint density at radius 3 is 2.23 bits per heavy atom. The van der Waals surface area contributed by atoms with E-state index in [1.807, 2.05) is 0 Å². The van der Waals surface area contributed by atoms with Gasteiger partial charge in [-0.25, -0.2) is 15.0 Å². The maximum atomic E-state index is 12.3. The molecule has 3 aromatic rings. The van der Waals surface area contributed by atoms with E-state index in [0.29, 0.717) is 24.0 Å². The van der Waals surface area contributed by atoms with E-state index in [1.165, 1.54) is 6.20 Å². The first kappa shape index (κ1) is 24.9. The van der Waals surface area contributed by atoms with Gasteiger partial charge in [-0.3, -0.25) is 4.79 Å². The molecule has 3 aliphatic heterocycles. The molecule has 5 heterocycles. The van der Waals surface area contributed by atoms with Crippen molar-refractivity contribution in [3.05, 3.63) is 47.1 Å². The number of ether oxygens (including phenoxy) is 3. The maximum absolute atomic E-state index is 12.3. The third-order valence-corrected chi connectivity index (χ3v) is 6.87. The number of morpholine rings is 1. The summed E-state index contributed by atoms with van der Waals surface area (Å²) in [4.78, 5) is 27.4. The van der Waals surface area contributed by atoms with Crippen molar-refractivity contribution >= 4 is 16.7 Å². The van der Waals surface area contributed by atoms with Crippen LogP contribution in [0.25, 0.3) is 11.0 Å². The van der Waals surface area contributed by atoms with Crippen molar-refractivity contribution in [1.29, 1.82) is 0 Å². The fraction of sp³-hybridized carbons (Fsp3) is 0.538. The molecule has 7 rings (SSSR count). The predicted octanol–water partition coefficient (Wildman–Crippen LogP) is 3.74. The van der Waals surface area contributed by atoms with Gasteiger partial charge < -0.3 is 23.7 Å². The molecule has 9 nitrogen and oxygen atoms in total. The van der Waals surface area contributed by atoms with E-state index in [1.54, 1.807) is 30.1 Å². The minimum atomic E-state index is -0.146. The van der Waals surface area contributed by atoms with Crippen LogP contribution >= 0.6 is 0 Å². The lowest BCUT2D eigenvalue weighted by molar-refractivity contribution is -0.133. The Kier molecular flexibility index (Phi) is 7.25. The van der Waals surface area contributed by atoms with Crippen molar-refractivity contribution in [2.24, 2.45) is 7.05 Å². The van der Waals surface area contributed by atoms with E-state index in [0.717, 1.165) is 61.9 Å². The number of piperidine rings is 1. The lowest BCUT2D eigenvalue weighted by atomic mass is 9.95. The second kappa shape index (κ2) is 10.2. The SMILES string of the molecule is C.C.Cn1c(=O)cnc2cc(N3CC4CC(C3)O4)cc(OC3CCC(Oc4ncccn4)CC3)c21. The highest BCUT2D eigenvalue weighted by molar-refractivity contribution is 5.86. The molecular weight excluding hydrogens is 446 g/mol. The number of aromatic nitrogens is 4. The van der Waals surface area contributed by atoms with Crippen LogP contribution in [0.2, 0.25) is 0 Å². The van der Waals surface area contributed by atoms with Crippen LogP contribution in [0.1, 0.15) is 47.0 Å². The van der Waals surface area contributed by atoms with Gasteiger partial charge in [-0.2, -0.15) is 0 Å². The van der Waals surface area contributed by atoms with Gasteiger partial charge in [0.2, 0.25) is 0 Å². The zero-order chi connectivity index (χ0) is 22.4. The lowest BCUT2D eigenvalue weighted by Crippen LogP contribution is -2.57. The number of nitrogens with zero attached hydrogens (tertiary/aromatic N) is 5. The molecule has 4 aliphatic rings. The number of hydrogen-bond acceptors (Lipinski definition) is 8. The molecule has 1 saturated carbocycles. The topological polar surface area (TPSA) is 91.6 Å². The monoisotopic (exact) mass is 481 g/mol. The van der Waals surface area contributed by atoms with E-state index in [2.05, 4.69) is 32.0 Å². The van der Waals surface area contributed by atoms with Crippen LogP contribution < -0.4 is 19.9 Å². The average molecular weight is 482 g/mol. The summed E-state index contributed by atoms with van der Waals surface area (Å²) >= 11 is 0. The highest BCUT2D eigenvalue weighted by Crippen LogP contribution is 2.37. The molecule has 4 fully saturated rings. The molecular formula is C26H35N5O4. The van der Waals surface area contributed by atoms with E-state index < -0.39 is 0 Å². The molecule has 2 atom stereocenters. The van der Waals surface area contributed by atoms with E-state index in [4.69, 9.17) is 14.2 Å². The summed E-state index contributed by atoms with van der Waals surface area (Å²) in [5.74, 6) is 0.714. The van der Waals surface area contributed by atoms with Gasteiger partial charge in [0, 0.05) is 50.7 Å². The van der Waals surface area contributed by atoms with Crippen molar-refractivity contribution in [1.82, 2.24) is 19.5 Å². The van der Waals surface area contributed by atoms with Crippen molar-refractivity contribution < 1.29 is 14.2 Å². The van der Waals surface area contributed by atoms with Gasteiger partial charge in [-0.15, -0.1) is 0 Å². The molecule has 1 aromatic carbocycles. The van der Waals surface area contributed by atoms with E-state index in [9.17, 15) is 4.79 Å². The number of aryl methyl sites for hydroxylation is 1. The Balaban J connectivity index is 0.00000144. The van der Waals surface area contributed by atoms with Gasteiger partial charge in [0.15, 0.2) is 0 Å². The summed E-state index contributed by atoms with van der Waals surface area (Å²) in [5.41, 5.74) is 2.43. The van der Waals surface area contributed by atoms with Crippen LogP contribution in [0.3, 0.4) is 0 Å². The molecule has 0 N–H and O–H groups in total. The highest BCUT2D eigenvalue weighted by atomic mass is 16.5. The number of anilines is 1. The van der Waals surface area contributed by atoms with E-state index >= 15 is 0 Å². The third-order valence-electron chi connectivity index (χ3n) is 6.87. The Bertz CT molecular complexity index is 1190. The minimum Gasteiger partial charge on any atom is -0.488 e. The van der Waals surface area contributed by atoms with Crippen LogP contribution in [-0.4, -0.2) is 57.0 Å². The lowest BCUT2D eigenvalue weighted by Gasteiger charge is -2.48. The number of hydrogen-bond donors (Lipinski definition) is 0. The van der Waals surface area contributed by atoms with Crippen LogP contribution in [0.4, 0.5) is 5.69 Å². The zero-order valence-corrected chi connectivity index (χ0v) is 18.6. The molecule has 2 unspecified atom stereocenters. The Hall–Kier alpha value is -3.20. The summed E-state index contributed by atoms with van der Waals surface area (Å²) in [7, 11) is 1.77. The zero-order valence-electron chi connectivity index (χ0n) is 18.6. The van der Waals surface area contributed by atoms with Gasteiger partial charge in [-0.1, -0.05) is 14.9 Å². The standard InChI is InChI=1S/C24H27N5O4.2CH4/c1-28-22(30)12-27-20-9-15(29-13-18-11-19(14-29)31-18)10-21(23(20)28)32-16-3-5-17(6-4-16)33-24-25-7-2-8-26-24;;/h2,7-10,12,16-19H,3-6,11,13-14H2,1H3;2*1H4. The maximum Gasteiger partial charge on any atom is 0.316 e. The molecule has 0 radical (unpaired) electrons. The van der Waals surface area contributed by atoms with Crippen LogP contribution in [0, 0.1) is 0 Å². The first-order valence-corrected chi connectivity index (χ1v) is 11.6. The smallest absolute Gasteiger partial charge is 0.316 e. The fourth-order valence-electron chi connectivity index (χ4n) is 5.12. The normalized spacial score (nSPS) is 25.1. The second-order valence-corrected chi connectivity index (χ2v) is 9.15. The Morgan fingerprint density at radius 2 is 1.57 bits per heavy atom. The molecule has 2 aromatic heterocycles. The molecule has 188 valence electrons. The summed E-state index contributed by atoms with van der Waals surface area (Å²) in [5, 5.41) is 0. The Labute approximate surface area is 206 Å². The quantitative estimate of drug-likeness (QED) is 0.544. The molecule has 0 amide bonds. The van der Waals surface area contributed by atoms with Crippen molar-refractivity contribution in [2.75, 3.05) is 18.0 Å². The second-order valence-electron chi connectivity index (χ2n) is 9.15. The first-order chi connectivity index (χ1) is 16.1. The van der Waals surface area contributed by atoms with Gasteiger partial charge in [0.05, 0.1) is 30.0 Å². The number of rotatable bonds is 5. The molecule has 35 heavy (non-hydrogen) atoms. The van der Waals surface area contributed by atoms with Crippen LogP contribution in [-0.2, 0) is 11.8 Å². The number of benzene rings is 1. The van der Waals surface area contributed by atoms with Crippen LogP contribution in [0.15, 0.2) is 41.6 Å². The van der Waals surface area contributed by atoms with Crippen molar-refractivity contribution in [2.45, 2.75) is 71.4 Å². The molecule has 9 heteroatoms. The van der Waals surface area contributed by atoms with Gasteiger partial charge in [0.25, 0.3) is 5.56 Å². The number of fused-ring (bicyclic) bond motifs is 3. The molecule has 2 bridgehead atoms. The summed E-state index contributed by atoms with van der Waals surface area (Å²) in [6, 6.07) is 6.31. The van der Waals surface area contributed by atoms with Crippen molar-refractivity contribution in [3.8, 4) is 11.8 Å². The summed E-state index contributed by atoms with van der Waals surface area (Å²) in [6.07, 6.45) is 10.1. The van der Waals surface area contributed by atoms with Gasteiger partial charge in [0.1, 0.15) is 17.4 Å². The predicted molar refractivity (Wildman–Crippen MR) is 135 cm³/mol. The molecule has 0 spiro atoms. The van der Waals surface area contributed by atoms with Gasteiger partial charge in [-0.05, 0) is 37.8 Å². The van der Waals surface area contributed by atoms with Gasteiger partial charge >= 0.3 is 6.01 Å². The molecule has 1 aliphatic carbocycles. The highest BCUT2D eigenvalue weighted by Gasteiger charge is 2.38. The Morgan fingerprint density at radius 1 is 0.943 bits per heavy atom. The summed E-state index contributed by atoms with van der Waals surface area (Å²) < 4.78 is 19.9. The third kappa shape index (κ3) is 4.96. The van der Waals surface area contributed by atoms with Crippen LogP contribution in [0.5, 0.6) is 11.8 Å². The van der Waals surface area contributed by atoms with E-state index in [-0.39, 0.29) is 32.6 Å². The summed E-state index contributed by atoms with van der Waals surface area (Å²) in [6.45, 7) is 1.74. The minimum absolute atomic E-state index is 0. The fourth-order valence-corrected chi connectivity index (χ4v) is 5.12. The average Bonchev–Trinajstić information content (AvgIpc) is 2.83. The molecule has 3 saturated heterocycles.